The van der Waals surface area contributed by atoms with Crippen LogP contribution in [0.25, 0.3) is 11.3 Å². The van der Waals surface area contributed by atoms with Crippen molar-refractivity contribution < 1.29 is 4.39 Å². The highest BCUT2D eigenvalue weighted by molar-refractivity contribution is 5.96. The summed E-state index contributed by atoms with van der Waals surface area (Å²) in [5.74, 6) is 0.296. The predicted molar refractivity (Wildman–Crippen MR) is 73.7 cm³/mol. The van der Waals surface area contributed by atoms with Crippen molar-refractivity contribution in [2.75, 3.05) is 0 Å². The van der Waals surface area contributed by atoms with E-state index in [-0.39, 0.29) is 11.7 Å². The van der Waals surface area contributed by atoms with Crippen LogP contribution >= 0.6 is 0 Å². The maximum atomic E-state index is 12.9. The minimum atomic E-state index is -0.273. The Kier molecular flexibility index (Phi) is 4.00. The van der Waals surface area contributed by atoms with Gasteiger partial charge >= 0.3 is 0 Å². The number of hydrogen-bond acceptors (Lipinski definition) is 3. The Hall–Kier alpha value is -2.10. The molecule has 0 fully saturated rings. The summed E-state index contributed by atoms with van der Waals surface area (Å²) in [7, 11) is 0. The first kappa shape index (κ1) is 13.3. The lowest BCUT2D eigenvalue weighted by Crippen LogP contribution is -2.14. The third-order valence-corrected chi connectivity index (χ3v) is 3.14. The topological polar surface area (TPSA) is 49.6 Å². The molecule has 3 nitrogen and oxygen atoms in total. The van der Waals surface area contributed by atoms with Crippen LogP contribution in [0.15, 0.2) is 36.5 Å². The van der Waals surface area contributed by atoms with Gasteiger partial charge in [-0.2, -0.15) is 0 Å². The van der Waals surface area contributed by atoms with Crippen LogP contribution in [0, 0.1) is 17.1 Å². The average molecular weight is 257 g/mol. The molecular formula is C15H16FN3. The third kappa shape index (κ3) is 3.02. The Bertz CT molecular complexity index is 578. The molecule has 98 valence electrons. The Balaban J connectivity index is 2.34. The fourth-order valence-electron chi connectivity index (χ4n) is 1.69. The average Bonchev–Trinajstić information content (AvgIpc) is 2.46. The van der Waals surface area contributed by atoms with Crippen LogP contribution in [-0.2, 0) is 0 Å². The summed E-state index contributed by atoms with van der Waals surface area (Å²) in [6.45, 7) is 4.01. The maximum Gasteiger partial charge on any atom is 0.173 e. The van der Waals surface area contributed by atoms with Crippen molar-refractivity contribution in [1.82, 2.24) is 9.97 Å². The van der Waals surface area contributed by atoms with Gasteiger partial charge in [0, 0.05) is 17.7 Å². The number of aromatic nitrogens is 2. The Morgan fingerprint density at radius 2 is 1.95 bits per heavy atom. The van der Waals surface area contributed by atoms with E-state index >= 15 is 0 Å². The van der Waals surface area contributed by atoms with Gasteiger partial charge in [-0.15, -0.1) is 0 Å². The van der Waals surface area contributed by atoms with Crippen LogP contribution in [-0.4, -0.2) is 15.7 Å². The van der Waals surface area contributed by atoms with Gasteiger partial charge < -0.3 is 5.41 Å². The monoisotopic (exact) mass is 257 g/mol. The molecule has 0 bridgehead atoms. The summed E-state index contributed by atoms with van der Waals surface area (Å²) >= 11 is 0. The van der Waals surface area contributed by atoms with Gasteiger partial charge in [0.05, 0.1) is 11.4 Å². The van der Waals surface area contributed by atoms with E-state index in [0.29, 0.717) is 17.2 Å². The van der Waals surface area contributed by atoms with Crippen molar-refractivity contribution in [2.24, 2.45) is 5.92 Å². The number of rotatable bonds is 4. The molecule has 1 N–H and O–H groups in total. The molecule has 0 aliphatic carbocycles. The molecule has 2 aromatic rings. The van der Waals surface area contributed by atoms with Crippen molar-refractivity contribution in [3.05, 3.63) is 48.2 Å². The van der Waals surface area contributed by atoms with Crippen molar-refractivity contribution in [2.45, 2.75) is 20.3 Å². The van der Waals surface area contributed by atoms with Gasteiger partial charge in [0.15, 0.2) is 5.82 Å². The van der Waals surface area contributed by atoms with Crippen LogP contribution < -0.4 is 0 Å². The van der Waals surface area contributed by atoms with E-state index in [4.69, 9.17) is 5.41 Å². The molecule has 0 radical (unpaired) electrons. The van der Waals surface area contributed by atoms with E-state index in [1.54, 1.807) is 24.4 Å². The molecule has 0 saturated heterocycles. The molecule has 0 aliphatic rings. The lowest BCUT2D eigenvalue weighted by atomic mass is 10.0. The third-order valence-electron chi connectivity index (χ3n) is 3.14. The summed E-state index contributed by atoms with van der Waals surface area (Å²) in [6.07, 6.45) is 2.51. The Labute approximate surface area is 112 Å². The molecule has 1 aromatic carbocycles. The van der Waals surface area contributed by atoms with E-state index in [0.717, 1.165) is 12.0 Å². The van der Waals surface area contributed by atoms with Crippen molar-refractivity contribution in [1.29, 1.82) is 5.41 Å². The van der Waals surface area contributed by atoms with E-state index in [1.165, 1.54) is 12.1 Å². The molecule has 0 spiro atoms. The summed E-state index contributed by atoms with van der Waals surface area (Å²) in [5.41, 5.74) is 1.96. The summed E-state index contributed by atoms with van der Waals surface area (Å²) in [5, 5.41) is 8.04. The van der Waals surface area contributed by atoms with Crippen LogP contribution in [0.3, 0.4) is 0 Å². The highest BCUT2D eigenvalue weighted by atomic mass is 19.1. The normalized spacial score (nSPS) is 12.2. The molecule has 0 aliphatic heterocycles. The van der Waals surface area contributed by atoms with Crippen LogP contribution in [0.4, 0.5) is 4.39 Å². The molecule has 0 saturated carbocycles. The molecule has 4 heteroatoms. The fourth-order valence-corrected chi connectivity index (χ4v) is 1.69. The molecule has 19 heavy (non-hydrogen) atoms. The first-order valence-corrected chi connectivity index (χ1v) is 6.29. The molecule has 2 rings (SSSR count). The zero-order valence-corrected chi connectivity index (χ0v) is 11.0. The molecule has 1 aromatic heterocycles. The molecular weight excluding hydrogens is 241 g/mol. The van der Waals surface area contributed by atoms with Gasteiger partial charge in [0.25, 0.3) is 0 Å². The summed E-state index contributed by atoms with van der Waals surface area (Å²) < 4.78 is 12.9. The van der Waals surface area contributed by atoms with Crippen LogP contribution in [0.1, 0.15) is 26.1 Å². The van der Waals surface area contributed by atoms with Gasteiger partial charge in [-0.1, -0.05) is 13.8 Å². The largest absolute Gasteiger partial charge is 0.301 e. The highest BCUT2D eigenvalue weighted by Crippen LogP contribution is 2.18. The second kappa shape index (κ2) is 5.69. The first-order chi connectivity index (χ1) is 9.11. The number of halogens is 1. The van der Waals surface area contributed by atoms with E-state index in [1.807, 2.05) is 13.8 Å². The highest BCUT2D eigenvalue weighted by Gasteiger charge is 2.12. The van der Waals surface area contributed by atoms with Crippen LogP contribution in [0.2, 0.25) is 0 Å². The minimum Gasteiger partial charge on any atom is -0.301 e. The number of nitrogens with zero attached hydrogens (tertiary/aromatic N) is 2. The van der Waals surface area contributed by atoms with Gasteiger partial charge in [0.2, 0.25) is 0 Å². The second-order valence-corrected chi connectivity index (χ2v) is 4.50. The maximum absolute atomic E-state index is 12.9. The molecule has 1 atom stereocenters. The SMILES string of the molecule is CCC(C)C(=N)c1nccc(-c2ccc(F)cc2)n1. The van der Waals surface area contributed by atoms with Crippen molar-refractivity contribution >= 4 is 5.71 Å². The van der Waals surface area contributed by atoms with E-state index in [2.05, 4.69) is 9.97 Å². The predicted octanol–water partition coefficient (Wildman–Crippen LogP) is 3.70. The van der Waals surface area contributed by atoms with Crippen molar-refractivity contribution in [3.63, 3.8) is 0 Å². The van der Waals surface area contributed by atoms with E-state index in [9.17, 15) is 4.39 Å². The standard InChI is InChI=1S/C15H16FN3/c1-3-10(2)14(17)15-18-9-8-13(19-15)11-4-6-12(16)7-5-11/h4-10,17H,3H2,1-2H3. The number of hydrogen-bond donors (Lipinski definition) is 1. The van der Waals surface area contributed by atoms with Gasteiger partial charge in [0.1, 0.15) is 5.82 Å². The second-order valence-electron chi connectivity index (χ2n) is 4.50. The van der Waals surface area contributed by atoms with Gasteiger partial charge in [-0.05, 0) is 36.8 Å². The zero-order chi connectivity index (χ0) is 13.8. The van der Waals surface area contributed by atoms with Gasteiger partial charge in [-0.25, -0.2) is 14.4 Å². The number of benzene rings is 1. The zero-order valence-electron chi connectivity index (χ0n) is 11.0. The fraction of sp³-hybridized carbons (Fsp3) is 0.267. The van der Waals surface area contributed by atoms with Crippen molar-refractivity contribution in [3.8, 4) is 11.3 Å². The molecule has 0 amide bonds. The molecule has 1 unspecified atom stereocenters. The summed E-state index contributed by atoms with van der Waals surface area (Å²) in [6, 6.07) is 7.91. The quantitative estimate of drug-likeness (QED) is 0.849. The lowest BCUT2D eigenvalue weighted by Gasteiger charge is -2.10. The van der Waals surface area contributed by atoms with Gasteiger partial charge in [-0.3, -0.25) is 0 Å². The smallest absolute Gasteiger partial charge is 0.173 e. The molecule has 1 heterocycles. The van der Waals surface area contributed by atoms with Crippen LogP contribution in [0.5, 0.6) is 0 Å². The minimum absolute atomic E-state index is 0.128. The number of nitrogens with one attached hydrogen (secondary N) is 1. The van der Waals surface area contributed by atoms with E-state index < -0.39 is 0 Å². The summed E-state index contributed by atoms with van der Waals surface area (Å²) in [4.78, 5) is 8.53. The lowest BCUT2D eigenvalue weighted by molar-refractivity contribution is 0.628. The first-order valence-electron chi connectivity index (χ1n) is 6.29. The Morgan fingerprint density at radius 3 is 2.58 bits per heavy atom. The Morgan fingerprint density at radius 1 is 1.26 bits per heavy atom.